The maximum atomic E-state index is 10.7. The van der Waals surface area contributed by atoms with Gasteiger partial charge in [0.25, 0.3) is 0 Å². The summed E-state index contributed by atoms with van der Waals surface area (Å²) in [7, 11) is 0. The van der Waals surface area contributed by atoms with E-state index < -0.39 is 0 Å². The Morgan fingerprint density at radius 2 is 1.67 bits per heavy atom. The molecule has 3 rings (SSSR count). The number of benzene rings is 1. The van der Waals surface area contributed by atoms with Gasteiger partial charge in [0, 0.05) is 23.0 Å². The monoisotopic (exact) mass is 253 g/mol. The minimum atomic E-state index is 0.763. The Morgan fingerprint density at radius 3 is 2.28 bits per heavy atom. The number of nitrogens with zero attached hydrogens (tertiary/aromatic N) is 1. The second-order valence-corrected chi connectivity index (χ2v) is 5.07. The molecule has 0 spiro atoms. The molecule has 0 bridgehead atoms. The Morgan fingerprint density at radius 1 is 0.944 bits per heavy atom. The molecule has 2 nitrogen and oxygen atoms in total. The first-order valence-corrected chi connectivity index (χ1v) is 6.47. The van der Waals surface area contributed by atoms with Crippen molar-refractivity contribution in [3.8, 4) is 16.1 Å². The van der Waals surface area contributed by atoms with E-state index in [0.717, 1.165) is 27.3 Å². The molecule has 0 unspecified atom stereocenters. The number of aromatic nitrogens is 1. The average Bonchev–Trinajstić information content (AvgIpc) is 3.10. The highest BCUT2D eigenvalue weighted by Crippen LogP contribution is 2.27. The van der Waals surface area contributed by atoms with Crippen molar-refractivity contribution in [2.24, 2.45) is 0 Å². The topological polar surface area (TPSA) is 22.0 Å². The fraction of sp³-hybridized carbons (Fsp3) is 0. The predicted octanol–water partition coefficient (Wildman–Crippen LogP) is 4.02. The first-order chi connectivity index (χ1) is 8.86. The first kappa shape index (κ1) is 11.0. The van der Waals surface area contributed by atoms with Crippen LogP contribution in [0.3, 0.4) is 0 Å². The third kappa shape index (κ3) is 2.00. The van der Waals surface area contributed by atoms with Gasteiger partial charge in [-0.05, 0) is 42.0 Å². The number of hydrogen-bond donors (Lipinski definition) is 0. The molecule has 0 atom stereocenters. The Hall–Kier alpha value is -2.13. The van der Waals surface area contributed by atoms with Crippen molar-refractivity contribution in [1.82, 2.24) is 4.57 Å². The van der Waals surface area contributed by atoms with Gasteiger partial charge in [-0.25, -0.2) is 0 Å². The summed E-state index contributed by atoms with van der Waals surface area (Å²) in [6, 6.07) is 16.2. The lowest BCUT2D eigenvalue weighted by molar-refractivity contribution is 0.112. The van der Waals surface area contributed by atoms with E-state index >= 15 is 0 Å². The molecule has 3 heteroatoms. The zero-order chi connectivity index (χ0) is 12.4. The summed E-state index contributed by atoms with van der Waals surface area (Å²) in [5.41, 5.74) is 2.28. The van der Waals surface area contributed by atoms with Crippen molar-refractivity contribution in [1.29, 1.82) is 0 Å². The zero-order valence-electron chi connectivity index (χ0n) is 9.61. The molecule has 0 saturated heterocycles. The molecule has 0 aliphatic carbocycles. The molecule has 18 heavy (non-hydrogen) atoms. The maximum Gasteiger partial charge on any atom is 0.160 e. The van der Waals surface area contributed by atoms with E-state index in [1.54, 1.807) is 0 Å². The minimum absolute atomic E-state index is 0.763. The largest absolute Gasteiger partial charge is 0.324 e. The van der Waals surface area contributed by atoms with Crippen LogP contribution in [0.15, 0.2) is 60.9 Å². The van der Waals surface area contributed by atoms with E-state index in [1.807, 2.05) is 36.7 Å². The van der Waals surface area contributed by atoms with Gasteiger partial charge in [0.15, 0.2) is 6.29 Å². The van der Waals surface area contributed by atoms with Gasteiger partial charge in [-0.2, -0.15) is 0 Å². The van der Waals surface area contributed by atoms with Crippen molar-refractivity contribution in [2.45, 2.75) is 0 Å². The van der Waals surface area contributed by atoms with E-state index in [2.05, 4.69) is 28.8 Å². The van der Waals surface area contributed by atoms with Crippen molar-refractivity contribution in [3.05, 3.63) is 65.8 Å². The molecule has 1 aromatic carbocycles. The van der Waals surface area contributed by atoms with Crippen LogP contribution in [0.2, 0.25) is 0 Å². The van der Waals surface area contributed by atoms with E-state index in [-0.39, 0.29) is 0 Å². The Labute approximate surface area is 109 Å². The molecule has 0 aliphatic rings. The van der Waals surface area contributed by atoms with Crippen LogP contribution in [0.5, 0.6) is 0 Å². The lowest BCUT2D eigenvalue weighted by Crippen LogP contribution is -1.88. The summed E-state index contributed by atoms with van der Waals surface area (Å²) < 4.78 is 2.06. The van der Waals surface area contributed by atoms with Crippen molar-refractivity contribution in [3.63, 3.8) is 0 Å². The predicted molar refractivity (Wildman–Crippen MR) is 74.5 cm³/mol. The van der Waals surface area contributed by atoms with Crippen LogP contribution in [-0.2, 0) is 0 Å². The number of rotatable bonds is 3. The van der Waals surface area contributed by atoms with Crippen LogP contribution in [0.4, 0.5) is 0 Å². The number of hydrogen-bond acceptors (Lipinski definition) is 2. The van der Waals surface area contributed by atoms with Crippen LogP contribution in [0.25, 0.3) is 16.1 Å². The third-order valence-corrected chi connectivity index (χ3v) is 3.86. The van der Waals surface area contributed by atoms with Gasteiger partial charge in [0.1, 0.15) is 0 Å². The maximum absolute atomic E-state index is 10.7. The van der Waals surface area contributed by atoms with E-state index in [1.165, 1.54) is 11.3 Å². The van der Waals surface area contributed by atoms with Gasteiger partial charge in [-0.3, -0.25) is 4.79 Å². The van der Waals surface area contributed by atoms with Crippen LogP contribution in [-0.4, -0.2) is 10.9 Å². The smallest absolute Gasteiger partial charge is 0.160 e. The van der Waals surface area contributed by atoms with Gasteiger partial charge in [-0.1, -0.05) is 12.1 Å². The quantitative estimate of drug-likeness (QED) is 0.646. The van der Waals surface area contributed by atoms with Crippen molar-refractivity contribution in [2.75, 3.05) is 0 Å². The molecule has 0 N–H and O–H groups in total. The van der Waals surface area contributed by atoms with Gasteiger partial charge in [0.05, 0.1) is 4.88 Å². The zero-order valence-corrected chi connectivity index (χ0v) is 10.4. The molecular weight excluding hydrogens is 242 g/mol. The molecule has 0 amide bonds. The highest BCUT2D eigenvalue weighted by atomic mass is 32.1. The van der Waals surface area contributed by atoms with Gasteiger partial charge in [0.2, 0.25) is 0 Å². The molecule has 0 saturated carbocycles. The number of aldehydes is 1. The molecule has 0 aliphatic heterocycles. The first-order valence-electron chi connectivity index (χ1n) is 5.65. The highest BCUT2D eigenvalue weighted by Gasteiger charge is 2.02. The number of thiophene rings is 1. The summed E-state index contributed by atoms with van der Waals surface area (Å²) in [6.45, 7) is 0. The van der Waals surface area contributed by atoms with Gasteiger partial charge in [-0.15, -0.1) is 11.3 Å². The van der Waals surface area contributed by atoms with Crippen LogP contribution in [0.1, 0.15) is 9.67 Å². The Bertz CT molecular complexity index is 650. The molecule has 0 radical (unpaired) electrons. The highest BCUT2D eigenvalue weighted by molar-refractivity contribution is 7.17. The molecule has 2 aromatic heterocycles. The SMILES string of the molecule is O=Cc1ccc(-c2ccc(-n3cccc3)cc2)s1. The fourth-order valence-electron chi connectivity index (χ4n) is 1.88. The van der Waals surface area contributed by atoms with Crippen LogP contribution in [0, 0.1) is 0 Å². The normalized spacial score (nSPS) is 10.4. The minimum Gasteiger partial charge on any atom is -0.324 e. The summed E-state index contributed by atoms with van der Waals surface area (Å²) >= 11 is 1.51. The second-order valence-electron chi connectivity index (χ2n) is 3.96. The van der Waals surface area contributed by atoms with Crippen molar-refractivity contribution >= 4 is 17.6 Å². The van der Waals surface area contributed by atoms with Gasteiger partial charge < -0.3 is 4.57 Å². The van der Waals surface area contributed by atoms with E-state index in [4.69, 9.17) is 0 Å². The number of carbonyl (C=O) groups is 1. The van der Waals surface area contributed by atoms with Crippen LogP contribution < -0.4 is 0 Å². The fourth-order valence-corrected chi connectivity index (χ4v) is 2.70. The lowest BCUT2D eigenvalue weighted by atomic mass is 10.2. The standard InChI is InChI=1S/C15H11NOS/c17-11-14-7-8-15(18-14)12-3-5-13(6-4-12)16-9-1-2-10-16/h1-11H. The molecular formula is C15H11NOS. The molecule has 2 heterocycles. The summed E-state index contributed by atoms with van der Waals surface area (Å²) in [5.74, 6) is 0. The lowest BCUT2D eigenvalue weighted by Gasteiger charge is -2.03. The van der Waals surface area contributed by atoms with Gasteiger partial charge >= 0.3 is 0 Å². The average molecular weight is 253 g/mol. The molecule has 88 valence electrons. The summed E-state index contributed by atoms with van der Waals surface area (Å²) in [6.07, 6.45) is 4.93. The third-order valence-electron chi connectivity index (χ3n) is 2.80. The van der Waals surface area contributed by atoms with Crippen molar-refractivity contribution < 1.29 is 4.79 Å². The van der Waals surface area contributed by atoms with Crippen LogP contribution >= 0.6 is 11.3 Å². The van der Waals surface area contributed by atoms with E-state index in [9.17, 15) is 4.79 Å². The van der Waals surface area contributed by atoms with E-state index in [0.29, 0.717) is 0 Å². The Kier molecular flexibility index (Phi) is 2.82. The summed E-state index contributed by atoms with van der Waals surface area (Å²) in [5, 5.41) is 0. The number of carbonyl (C=O) groups excluding carboxylic acids is 1. The Balaban J connectivity index is 1.93. The molecule has 0 fully saturated rings. The molecule has 3 aromatic rings. The summed E-state index contributed by atoms with van der Waals surface area (Å²) in [4.78, 5) is 12.6. The second kappa shape index (κ2) is 4.63.